The molecule has 0 spiro atoms. The van der Waals surface area contributed by atoms with Gasteiger partial charge in [0, 0.05) is 11.8 Å². The summed E-state index contributed by atoms with van der Waals surface area (Å²) in [6.45, 7) is 3.80. The van der Waals surface area contributed by atoms with E-state index >= 15 is 0 Å². The van der Waals surface area contributed by atoms with Gasteiger partial charge in [-0.1, -0.05) is 25.1 Å². The van der Waals surface area contributed by atoms with Gasteiger partial charge in [-0.05, 0) is 28.9 Å². The van der Waals surface area contributed by atoms with E-state index in [0.717, 1.165) is 6.54 Å². The van der Waals surface area contributed by atoms with E-state index in [2.05, 4.69) is 41.9 Å². The number of likely N-dealkylation sites (N-methyl/N-ethyl adjacent to an activating group) is 1. The van der Waals surface area contributed by atoms with Crippen LogP contribution in [0.5, 0.6) is 0 Å². The van der Waals surface area contributed by atoms with Crippen molar-refractivity contribution in [1.29, 1.82) is 0 Å². The Morgan fingerprint density at radius 1 is 1.38 bits per heavy atom. The fraction of sp³-hybridized carbons (Fsp3) is 0.385. The Kier molecular flexibility index (Phi) is 3.93. The molecule has 16 heavy (non-hydrogen) atoms. The Morgan fingerprint density at radius 2 is 2.19 bits per heavy atom. The first-order valence-corrected chi connectivity index (χ1v) is 6.43. The molecule has 0 aliphatic carbocycles. The molecule has 1 aromatic carbocycles. The second kappa shape index (κ2) is 5.43. The molecule has 2 nitrogen and oxygen atoms in total. The highest BCUT2D eigenvalue weighted by Gasteiger charge is 2.14. The average Bonchev–Trinajstić information content (AvgIpc) is 2.72. The summed E-state index contributed by atoms with van der Waals surface area (Å²) in [6, 6.07) is 8.82. The van der Waals surface area contributed by atoms with Crippen molar-refractivity contribution >= 4 is 21.4 Å². The standard InChI is InChI=1S/C13H17NOS/c1-3-14-12(8-15-2)11-9-16-13-7-5-4-6-10(11)13/h4-7,9,12,14H,3,8H2,1-2H3. The first-order chi connectivity index (χ1) is 7.86. The van der Waals surface area contributed by atoms with Crippen LogP contribution >= 0.6 is 11.3 Å². The molecule has 86 valence electrons. The molecule has 0 bridgehead atoms. The van der Waals surface area contributed by atoms with E-state index in [9.17, 15) is 0 Å². The number of hydrogen-bond donors (Lipinski definition) is 1. The Morgan fingerprint density at radius 3 is 2.94 bits per heavy atom. The Balaban J connectivity index is 2.36. The lowest BCUT2D eigenvalue weighted by atomic mass is 10.1. The van der Waals surface area contributed by atoms with Crippen molar-refractivity contribution in [2.75, 3.05) is 20.3 Å². The molecule has 3 heteroatoms. The third kappa shape index (κ3) is 2.26. The van der Waals surface area contributed by atoms with E-state index in [1.54, 1.807) is 18.4 Å². The lowest BCUT2D eigenvalue weighted by molar-refractivity contribution is 0.168. The zero-order valence-electron chi connectivity index (χ0n) is 9.69. The molecule has 0 saturated heterocycles. The number of rotatable bonds is 5. The van der Waals surface area contributed by atoms with E-state index in [0.29, 0.717) is 12.6 Å². The second-order valence-corrected chi connectivity index (χ2v) is 4.66. The van der Waals surface area contributed by atoms with Gasteiger partial charge in [0.2, 0.25) is 0 Å². The largest absolute Gasteiger partial charge is 0.383 e. The fourth-order valence-electron chi connectivity index (χ4n) is 1.94. The highest BCUT2D eigenvalue weighted by atomic mass is 32.1. The second-order valence-electron chi connectivity index (χ2n) is 3.75. The lowest BCUT2D eigenvalue weighted by Crippen LogP contribution is -2.24. The minimum atomic E-state index is 0.297. The summed E-state index contributed by atoms with van der Waals surface area (Å²) in [5, 5.41) is 7.04. The minimum absolute atomic E-state index is 0.297. The van der Waals surface area contributed by atoms with Gasteiger partial charge in [-0.15, -0.1) is 11.3 Å². The molecule has 2 aromatic rings. The van der Waals surface area contributed by atoms with Gasteiger partial charge in [0.1, 0.15) is 0 Å². The summed E-state index contributed by atoms with van der Waals surface area (Å²) < 4.78 is 6.62. The number of hydrogen-bond acceptors (Lipinski definition) is 3. The van der Waals surface area contributed by atoms with Crippen LogP contribution in [0.3, 0.4) is 0 Å². The van der Waals surface area contributed by atoms with E-state index in [-0.39, 0.29) is 0 Å². The van der Waals surface area contributed by atoms with Crippen LogP contribution in [0.25, 0.3) is 10.1 Å². The third-order valence-corrected chi connectivity index (χ3v) is 3.65. The molecule has 1 heterocycles. The van der Waals surface area contributed by atoms with Crippen molar-refractivity contribution in [3.8, 4) is 0 Å². The summed E-state index contributed by atoms with van der Waals surface area (Å²) in [5.41, 5.74) is 1.35. The van der Waals surface area contributed by atoms with E-state index in [1.165, 1.54) is 15.6 Å². The summed E-state index contributed by atoms with van der Waals surface area (Å²) in [7, 11) is 1.75. The van der Waals surface area contributed by atoms with Crippen molar-refractivity contribution in [2.24, 2.45) is 0 Å². The Bertz CT molecular complexity index is 446. The molecule has 0 saturated carbocycles. The summed E-state index contributed by atoms with van der Waals surface area (Å²) in [6.07, 6.45) is 0. The van der Waals surface area contributed by atoms with Crippen LogP contribution in [0.2, 0.25) is 0 Å². The van der Waals surface area contributed by atoms with Crippen LogP contribution in [-0.2, 0) is 4.74 Å². The zero-order valence-corrected chi connectivity index (χ0v) is 10.5. The van der Waals surface area contributed by atoms with E-state index in [1.807, 2.05) is 0 Å². The zero-order chi connectivity index (χ0) is 11.4. The number of benzene rings is 1. The summed E-state index contributed by atoms with van der Waals surface area (Å²) in [4.78, 5) is 0. The van der Waals surface area contributed by atoms with Crippen molar-refractivity contribution < 1.29 is 4.74 Å². The number of nitrogens with one attached hydrogen (secondary N) is 1. The lowest BCUT2D eigenvalue weighted by Gasteiger charge is -2.16. The van der Waals surface area contributed by atoms with Crippen LogP contribution in [0.1, 0.15) is 18.5 Å². The normalized spacial score (nSPS) is 13.1. The maximum Gasteiger partial charge on any atom is 0.0658 e. The average molecular weight is 235 g/mol. The molecular weight excluding hydrogens is 218 g/mol. The van der Waals surface area contributed by atoms with Gasteiger partial charge in [-0.3, -0.25) is 0 Å². The molecule has 0 radical (unpaired) electrons. The topological polar surface area (TPSA) is 21.3 Å². The van der Waals surface area contributed by atoms with Crippen LogP contribution in [0.15, 0.2) is 29.6 Å². The summed E-state index contributed by atoms with van der Waals surface area (Å²) in [5.74, 6) is 0. The maximum atomic E-state index is 5.27. The molecule has 1 atom stereocenters. The van der Waals surface area contributed by atoms with Gasteiger partial charge in [0.15, 0.2) is 0 Å². The van der Waals surface area contributed by atoms with Crippen molar-refractivity contribution in [1.82, 2.24) is 5.32 Å². The van der Waals surface area contributed by atoms with Crippen molar-refractivity contribution in [3.63, 3.8) is 0 Å². The molecule has 1 N–H and O–H groups in total. The van der Waals surface area contributed by atoms with Crippen LogP contribution in [0.4, 0.5) is 0 Å². The van der Waals surface area contributed by atoms with Gasteiger partial charge in [-0.2, -0.15) is 0 Å². The SMILES string of the molecule is CCNC(COC)c1csc2ccccc12. The molecule has 0 fully saturated rings. The minimum Gasteiger partial charge on any atom is -0.383 e. The first-order valence-electron chi connectivity index (χ1n) is 5.55. The molecule has 0 aliphatic heterocycles. The number of fused-ring (bicyclic) bond motifs is 1. The van der Waals surface area contributed by atoms with Crippen molar-refractivity contribution in [3.05, 3.63) is 35.2 Å². The highest BCUT2D eigenvalue weighted by Crippen LogP contribution is 2.30. The molecule has 1 aromatic heterocycles. The predicted octanol–water partition coefficient (Wildman–Crippen LogP) is 3.20. The highest BCUT2D eigenvalue weighted by molar-refractivity contribution is 7.17. The first kappa shape index (κ1) is 11.6. The molecule has 1 unspecified atom stereocenters. The quantitative estimate of drug-likeness (QED) is 0.859. The van der Waals surface area contributed by atoms with Crippen LogP contribution in [0, 0.1) is 0 Å². The smallest absolute Gasteiger partial charge is 0.0658 e. The number of ether oxygens (including phenoxy) is 1. The fourth-order valence-corrected chi connectivity index (χ4v) is 2.96. The predicted molar refractivity (Wildman–Crippen MR) is 70.1 cm³/mol. The summed E-state index contributed by atoms with van der Waals surface area (Å²) >= 11 is 1.80. The number of methoxy groups -OCH3 is 1. The van der Waals surface area contributed by atoms with E-state index in [4.69, 9.17) is 4.74 Å². The molecule has 2 rings (SSSR count). The van der Waals surface area contributed by atoms with Gasteiger partial charge >= 0.3 is 0 Å². The molecule has 0 aliphatic rings. The molecular formula is C13H17NOS. The Hall–Kier alpha value is -0.900. The monoisotopic (exact) mass is 235 g/mol. The van der Waals surface area contributed by atoms with Gasteiger partial charge < -0.3 is 10.1 Å². The van der Waals surface area contributed by atoms with Gasteiger partial charge in [-0.25, -0.2) is 0 Å². The van der Waals surface area contributed by atoms with Gasteiger partial charge in [0.05, 0.1) is 12.6 Å². The number of thiophene rings is 1. The van der Waals surface area contributed by atoms with Gasteiger partial charge in [0.25, 0.3) is 0 Å². The third-order valence-electron chi connectivity index (χ3n) is 2.67. The van der Waals surface area contributed by atoms with Crippen LogP contribution in [-0.4, -0.2) is 20.3 Å². The Labute approximate surface area is 100 Å². The van der Waals surface area contributed by atoms with Crippen LogP contribution < -0.4 is 5.32 Å². The maximum absolute atomic E-state index is 5.27. The van der Waals surface area contributed by atoms with Crippen molar-refractivity contribution in [2.45, 2.75) is 13.0 Å². The van der Waals surface area contributed by atoms with E-state index < -0.39 is 0 Å². The molecule has 0 amide bonds.